The maximum absolute atomic E-state index is 4.93. The standard InChI is InChI=1S/C27H33.C19H19.C2H6Si.2ClH.Zr/c1-2-3-4-6-10-21-19-25-13-9-14-26(27(25)20-21)24-17-15-23(16-18-24)22-11-7-5-8-12-22;1-19(2,3)16-12-10-15(11-13-16)18-9-5-7-14-6-4-8-17(14)18;1-3-2;;;/h9,13-20,22H,2-8,10-12H2,1H3;4-13H,1-3H3;1-2H3;2*1H;/q2*-1;;;;+4/p-2. The molecule has 6 aromatic rings. The van der Waals surface area contributed by atoms with E-state index in [9.17, 15) is 0 Å². The van der Waals surface area contributed by atoms with Crippen LogP contribution in [0.4, 0.5) is 0 Å². The van der Waals surface area contributed by atoms with Gasteiger partial charge in [0.1, 0.15) is 0 Å². The number of hydrogen-bond acceptors (Lipinski definition) is 0. The van der Waals surface area contributed by atoms with Gasteiger partial charge in [0.2, 0.25) is 0 Å². The molecule has 52 heavy (non-hydrogen) atoms. The number of unbranched alkanes of at least 4 members (excludes halogenated alkanes) is 3. The Balaban J connectivity index is 0.000000211. The normalized spacial score (nSPS) is 12.9. The van der Waals surface area contributed by atoms with Gasteiger partial charge in [0.25, 0.3) is 0 Å². The third-order valence-corrected chi connectivity index (χ3v) is 10.2. The minimum absolute atomic E-state index is 0.213. The van der Waals surface area contributed by atoms with E-state index in [0.29, 0.717) is 0 Å². The molecule has 6 aromatic carbocycles. The summed E-state index contributed by atoms with van der Waals surface area (Å²) in [4.78, 5) is 0. The minimum atomic E-state index is -0.826. The number of hydrogen-bond donors (Lipinski definition) is 0. The summed E-state index contributed by atoms with van der Waals surface area (Å²) in [7, 11) is 11.0. The van der Waals surface area contributed by atoms with Crippen molar-refractivity contribution in [2.75, 3.05) is 0 Å². The van der Waals surface area contributed by atoms with E-state index in [-0.39, 0.29) is 5.41 Å². The molecule has 0 aliphatic heterocycles. The van der Waals surface area contributed by atoms with E-state index in [1.54, 1.807) is 5.56 Å². The van der Waals surface area contributed by atoms with E-state index >= 15 is 0 Å². The number of benzene rings is 4. The van der Waals surface area contributed by atoms with E-state index < -0.39 is 20.8 Å². The van der Waals surface area contributed by atoms with Crippen molar-refractivity contribution in [2.45, 2.75) is 116 Å². The van der Waals surface area contributed by atoms with Crippen molar-refractivity contribution in [3.63, 3.8) is 0 Å². The third kappa shape index (κ3) is 12.4. The van der Waals surface area contributed by atoms with Crippen LogP contribution in [0.25, 0.3) is 43.8 Å². The fraction of sp³-hybridized carbons (Fsp3) is 0.375. The molecule has 0 N–H and O–H groups in total. The molecule has 0 nitrogen and oxygen atoms in total. The molecule has 1 aliphatic rings. The molecule has 1 aliphatic carbocycles. The molecule has 0 heterocycles. The van der Waals surface area contributed by atoms with Gasteiger partial charge in [0.15, 0.2) is 0 Å². The van der Waals surface area contributed by atoms with Crippen molar-refractivity contribution in [3.8, 4) is 22.3 Å². The van der Waals surface area contributed by atoms with Crippen LogP contribution in [0.3, 0.4) is 0 Å². The van der Waals surface area contributed by atoms with Gasteiger partial charge in [-0.2, -0.15) is 18.2 Å². The van der Waals surface area contributed by atoms with Crippen LogP contribution in [-0.4, -0.2) is 9.52 Å². The predicted molar refractivity (Wildman–Crippen MR) is 232 cm³/mol. The summed E-state index contributed by atoms with van der Waals surface area (Å²) in [5, 5.41) is 5.48. The van der Waals surface area contributed by atoms with Gasteiger partial charge in [0, 0.05) is 9.52 Å². The first-order valence-electron chi connectivity index (χ1n) is 19.3. The van der Waals surface area contributed by atoms with Crippen molar-refractivity contribution in [1.82, 2.24) is 0 Å². The molecule has 0 unspecified atom stereocenters. The molecular weight excluding hydrogens is 767 g/mol. The molecule has 4 heteroatoms. The Labute approximate surface area is 337 Å². The van der Waals surface area contributed by atoms with Crippen LogP contribution in [-0.2, 0) is 32.7 Å². The Kier molecular flexibility index (Phi) is 18.2. The summed E-state index contributed by atoms with van der Waals surface area (Å²) < 4.78 is 0. The Morgan fingerprint density at radius 2 is 1.29 bits per heavy atom. The van der Waals surface area contributed by atoms with Gasteiger partial charge in [-0.25, -0.2) is 0 Å². The van der Waals surface area contributed by atoms with E-state index in [2.05, 4.69) is 156 Å². The quantitative estimate of drug-likeness (QED) is 0.0815. The predicted octanol–water partition coefficient (Wildman–Crippen LogP) is 16.1. The summed E-state index contributed by atoms with van der Waals surface area (Å²) in [6.45, 7) is 13.3. The Hall–Kier alpha value is -2.22. The summed E-state index contributed by atoms with van der Waals surface area (Å²) >= 11 is -0.826. The first-order chi connectivity index (χ1) is 25.2. The van der Waals surface area contributed by atoms with Crippen LogP contribution in [0.1, 0.15) is 108 Å². The second-order valence-electron chi connectivity index (χ2n) is 15.2. The fourth-order valence-electron chi connectivity index (χ4n) is 7.38. The fourth-order valence-corrected chi connectivity index (χ4v) is 7.38. The Bertz CT molecular complexity index is 1870. The molecule has 272 valence electrons. The van der Waals surface area contributed by atoms with Gasteiger partial charge in [-0.05, 0) is 52.8 Å². The van der Waals surface area contributed by atoms with Crippen LogP contribution in [0.15, 0.2) is 115 Å². The Morgan fingerprint density at radius 3 is 1.88 bits per heavy atom. The molecule has 1 saturated carbocycles. The number of aryl methyl sites for hydroxylation is 1. The number of rotatable bonds is 8. The van der Waals surface area contributed by atoms with Crippen LogP contribution in [0, 0.1) is 0 Å². The topological polar surface area (TPSA) is 0 Å². The molecule has 1 fully saturated rings. The van der Waals surface area contributed by atoms with Gasteiger partial charge < -0.3 is 0 Å². The van der Waals surface area contributed by atoms with Gasteiger partial charge in [-0.3, -0.25) is 0 Å². The van der Waals surface area contributed by atoms with Gasteiger partial charge in [-0.1, -0.05) is 158 Å². The van der Waals surface area contributed by atoms with E-state index in [4.69, 9.17) is 17.0 Å². The summed E-state index contributed by atoms with van der Waals surface area (Å²) in [6.07, 6.45) is 13.5. The first kappa shape index (κ1) is 42.5. The van der Waals surface area contributed by atoms with E-state index in [1.807, 2.05) is 0 Å². The van der Waals surface area contributed by atoms with Crippen molar-refractivity contribution in [1.29, 1.82) is 0 Å². The van der Waals surface area contributed by atoms with Gasteiger partial charge in [0.05, 0.1) is 0 Å². The molecule has 2 radical (unpaired) electrons. The second kappa shape index (κ2) is 22.2. The average Bonchev–Trinajstić information content (AvgIpc) is 3.82. The zero-order valence-electron chi connectivity index (χ0n) is 32.4. The molecule has 0 saturated heterocycles. The summed E-state index contributed by atoms with van der Waals surface area (Å²) in [6, 6.07) is 43.1. The second-order valence-corrected chi connectivity index (χ2v) is 19.9. The average molecular weight is 825 g/mol. The van der Waals surface area contributed by atoms with Crippen LogP contribution in [0.2, 0.25) is 13.1 Å². The zero-order valence-corrected chi connectivity index (χ0v) is 37.3. The van der Waals surface area contributed by atoms with Gasteiger partial charge in [-0.15, -0.1) is 63.5 Å². The molecule has 0 aromatic heterocycles. The molecular formula is C48H58Cl2SiZr. The molecule has 0 atom stereocenters. The summed E-state index contributed by atoms with van der Waals surface area (Å²) in [5.74, 6) is 0.789. The zero-order chi connectivity index (χ0) is 37.3. The van der Waals surface area contributed by atoms with Crippen LogP contribution in [0.5, 0.6) is 0 Å². The summed E-state index contributed by atoms with van der Waals surface area (Å²) in [5.41, 5.74) is 10.0. The Morgan fingerprint density at radius 1 is 0.712 bits per heavy atom. The van der Waals surface area contributed by atoms with Crippen LogP contribution < -0.4 is 0 Å². The molecule has 0 amide bonds. The van der Waals surface area contributed by atoms with Gasteiger partial charge >= 0.3 is 37.9 Å². The number of halogens is 2. The molecule has 0 spiro atoms. The van der Waals surface area contributed by atoms with Crippen molar-refractivity contribution >= 4 is 48.1 Å². The van der Waals surface area contributed by atoms with E-state index in [1.165, 1.54) is 119 Å². The molecule has 0 bridgehead atoms. The van der Waals surface area contributed by atoms with Crippen LogP contribution >= 0.6 is 17.0 Å². The van der Waals surface area contributed by atoms with Crippen molar-refractivity contribution < 1.29 is 20.8 Å². The first-order valence-corrected chi connectivity index (χ1v) is 27.7. The molecule has 7 rings (SSSR count). The number of fused-ring (bicyclic) bond motifs is 2. The SMILES string of the molecule is CC(C)(C)c1ccc(-c2cccc3[cH-]ccc23)cc1.CCCCCCc1cc2c(-c3ccc(C4CCCCC4)cc3)cccc2[cH-]1.C[Si]C.[Cl][Zr+2][Cl]. The van der Waals surface area contributed by atoms with Crippen molar-refractivity contribution in [3.05, 3.63) is 132 Å². The monoisotopic (exact) mass is 822 g/mol. The van der Waals surface area contributed by atoms with Crippen molar-refractivity contribution in [2.24, 2.45) is 0 Å². The maximum atomic E-state index is 4.93. The van der Waals surface area contributed by atoms with E-state index in [0.717, 1.165) is 15.4 Å². The third-order valence-electron chi connectivity index (χ3n) is 10.2.